The molecule has 0 aliphatic carbocycles. The molecule has 0 saturated heterocycles. The third-order valence-electron chi connectivity index (χ3n) is 2.33. The first-order valence-electron chi connectivity index (χ1n) is 5.87. The minimum atomic E-state index is -0.0759. The second-order valence-corrected chi connectivity index (χ2v) is 3.79. The summed E-state index contributed by atoms with van der Waals surface area (Å²) < 4.78 is 5.11. The summed E-state index contributed by atoms with van der Waals surface area (Å²) in [5.74, 6) is -0.0759. The Morgan fingerprint density at radius 2 is 2.31 bits per heavy atom. The molecule has 0 bridgehead atoms. The van der Waals surface area contributed by atoms with Gasteiger partial charge in [-0.2, -0.15) is 0 Å². The molecule has 0 atom stereocenters. The van der Waals surface area contributed by atoms with Crippen LogP contribution in [0.5, 0.6) is 0 Å². The van der Waals surface area contributed by atoms with Gasteiger partial charge in [-0.15, -0.1) is 0 Å². The molecular formula is C13H19NO2. The van der Waals surface area contributed by atoms with Gasteiger partial charge in [0.15, 0.2) is 0 Å². The number of carbonyl (C=O) groups is 1. The van der Waals surface area contributed by atoms with Crippen LogP contribution in [0.15, 0.2) is 24.5 Å². The number of hydrogen-bond donors (Lipinski definition) is 0. The predicted octanol–water partition coefficient (Wildman–Crippen LogP) is 2.75. The Labute approximate surface area is 96.8 Å². The van der Waals surface area contributed by atoms with Gasteiger partial charge in [-0.1, -0.05) is 19.4 Å². The Balaban J connectivity index is 2.06. The highest BCUT2D eigenvalue weighted by molar-refractivity contribution is 5.69. The molecule has 1 rings (SSSR count). The average molecular weight is 221 g/mol. The lowest BCUT2D eigenvalue weighted by molar-refractivity contribution is -0.143. The quantitative estimate of drug-likeness (QED) is 0.525. The van der Waals surface area contributed by atoms with Gasteiger partial charge in [-0.05, 0) is 30.9 Å². The zero-order chi connectivity index (χ0) is 11.6. The van der Waals surface area contributed by atoms with E-state index in [0.717, 1.165) is 25.7 Å². The third-order valence-corrected chi connectivity index (χ3v) is 2.33. The average Bonchev–Trinajstić information content (AvgIpc) is 2.33. The van der Waals surface area contributed by atoms with Crippen molar-refractivity contribution in [2.75, 3.05) is 6.61 Å². The maximum Gasteiger partial charge on any atom is 0.305 e. The number of esters is 1. The first-order chi connectivity index (χ1) is 7.83. The molecule has 3 heteroatoms. The van der Waals surface area contributed by atoms with Gasteiger partial charge in [-0.25, -0.2) is 0 Å². The number of hydrogen-bond acceptors (Lipinski definition) is 3. The summed E-state index contributed by atoms with van der Waals surface area (Å²) in [6.07, 6.45) is 7.88. The molecule has 1 heterocycles. The van der Waals surface area contributed by atoms with Crippen molar-refractivity contribution in [3.05, 3.63) is 30.1 Å². The molecule has 0 aromatic carbocycles. The van der Waals surface area contributed by atoms with Crippen molar-refractivity contribution in [2.24, 2.45) is 0 Å². The molecule has 0 amide bonds. The number of unbranched alkanes of at least 4 members (excludes halogenated alkanes) is 1. The van der Waals surface area contributed by atoms with Gasteiger partial charge in [-0.3, -0.25) is 9.78 Å². The fraction of sp³-hybridized carbons (Fsp3) is 0.538. The second kappa shape index (κ2) is 7.85. The Kier molecular flexibility index (Phi) is 6.23. The molecule has 0 aliphatic rings. The van der Waals surface area contributed by atoms with E-state index in [2.05, 4.69) is 11.9 Å². The van der Waals surface area contributed by atoms with E-state index in [0.29, 0.717) is 13.0 Å². The zero-order valence-electron chi connectivity index (χ0n) is 9.82. The van der Waals surface area contributed by atoms with Crippen LogP contribution in [0.4, 0.5) is 0 Å². The number of pyridine rings is 1. The lowest BCUT2D eigenvalue weighted by atomic mass is 10.2. The van der Waals surface area contributed by atoms with Crippen molar-refractivity contribution < 1.29 is 9.53 Å². The highest BCUT2D eigenvalue weighted by Crippen LogP contribution is 2.02. The monoisotopic (exact) mass is 221 g/mol. The number of nitrogens with zero attached hydrogens (tertiary/aromatic N) is 1. The lowest BCUT2D eigenvalue weighted by Gasteiger charge is -2.04. The summed E-state index contributed by atoms with van der Waals surface area (Å²) in [5.41, 5.74) is 1.19. The fourth-order valence-corrected chi connectivity index (χ4v) is 1.40. The first-order valence-corrected chi connectivity index (χ1v) is 5.87. The maximum atomic E-state index is 11.2. The normalized spacial score (nSPS) is 10.1. The van der Waals surface area contributed by atoms with Gasteiger partial charge in [0.25, 0.3) is 0 Å². The van der Waals surface area contributed by atoms with E-state index in [-0.39, 0.29) is 5.97 Å². The molecule has 0 radical (unpaired) electrons. The van der Waals surface area contributed by atoms with Gasteiger partial charge in [0.1, 0.15) is 0 Å². The lowest BCUT2D eigenvalue weighted by Crippen LogP contribution is -2.06. The van der Waals surface area contributed by atoms with Crippen molar-refractivity contribution in [2.45, 2.75) is 39.0 Å². The van der Waals surface area contributed by atoms with Crippen LogP contribution in [0.2, 0.25) is 0 Å². The molecule has 88 valence electrons. The topological polar surface area (TPSA) is 39.2 Å². The van der Waals surface area contributed by atoms with Crippen molar-refractivity contribution in [1.82, 2.24) is 4.98 Å². The van der Waals surface area contributed by atoms with Crippen molar-refractivity contribution in [3.8, 4) is 0 Å². The van der Waals surface area contributed by atoms with E-state index >= 15 is 0 Å². The maximum absolute atomic E-state index is 11.2. The van der Waals surface area contributed by atoms with E-state index in [1.54, 1.807) is 6.20 Å². The van der Waals surface area contributed by atoms with Crippen LogP contribution in [-0.4, -0.2) is 17.6 Å². The number of ether oxygens (including phenoxy) is 1. The molecule has 1 aromatic heterocycles. The van der Waals surface area contributed by atoms with Gasteiger partial charge in [0, 0.05) is 18.8 Å². The summed E-state index contributed by atoms with van der Waals surface area (Å²) in [6, 6.07) is 3.95. The molecular weight excluding hydrogens is 202 g/mol. The number of aromatic nitrogens is 1. The molecule has 0 fully saturated rings. The standard InChI is InChI=1S/C13H19NO2/c1-2-3-8-13(15)16-10-5-7-12-6-4-9-14-11-12/h4,6,9,11H,2-3,5,7-8,10H2,1H3. The number of aryl methyl sites for hydroxylation is 1. The Hall–Kier alpha value is -1.38. The van der Waals surface area contributed by atoms with Gasteiger partial charge in [0.05, 0.1) is 6.61 Å². The highest BCUT2D eigenvalue weighted by Gasteiger charge is 2.01. The van der Waals surface area contributed by atoms with Crippen LogP contribution in [0, 0.1) is 0 Å². The molecule has 1 aromatic rings. The van der Waals surface area contributed by atoms with Gasteiger partial charge in [0.2, 0.25) is 0 Å². The zero-order valence-corrected chi connectivity index (χ0v) is 9.82. The fourth-order valence-electron chi connectivity index (χ4n) is 1.40. The largest absolute Gasteiger partial charge is 0.466 e. The van der Waals surface area contributed by atoms with Crippen LogP contribution in [0.1, 0.15) is 38.2 Å². The number of rotatable bonds is 7. The summed E-state index contributed by atoms with van der Waals surface area (Å²) in [4.78, 5) is 15.2. The minimum Gasteiger partial charge on any atom is -0.466 e. The van der Waals surface area contributed by atoms with Gasteiger partial charge < -0.3 is 4.74 Å². The molecule has 0 saturated carbocycles. The summed E-state index contributed by atoms with van der Waals surface area (Å²) in [7, 11) is 0. The van der Waals surface area contributed by atoms with E-state index in [1.165, 1.54) is 5.56 Å². The van der Waals surface area contributed by atoms with E-state index in [4.69, 9.17) is 4.74 Å². The smallest absolute Gasteiger partial charge is 0.305 e. The van der Waals surface area contributed by atoms with Crippen molar-refractivity contribution in [1.29, 1.82) is 0 Å². The van der Waals surface area contributed by atoms with Crippen molar-refractivity contribution in [3.63, 3.8) is 0 Å². The number of carbonyl (C=O) groups excluding carboxylic acids is 1. The summed E-state index contributed by atoms with van der Waals surface area (Å²) >= 11 is 0. The Bertz CT molecular complexity index is 298. The molecule has 0 unspecified atom stereocenters. The SMILES string of the molecule is CCCCC(=O)OCCCc1cccnc1. The molecule has 0 spiro atoms. The third kappa shape index (κ3) is 5.49. The predicted molar refractivity (Wildman–Crippen MR) is 63.0 cm³/mol. The minimum absolute atomic E-state index is 0.0759. The summed E-state index contributed by atoms with van der Waals surface area (Å²) in [6.45, 7) is 2.58. The van der Waals surface area contributed by atoms with Crippen LogP contribution in [0.25, 0.3) is 0 Å². The molecule has 3 nitrogen and oxygen atoms in total. The summed E-state index contributed by atoms with van der Waals surface area (Å²) in [5, 5.41) is 0. The van der Waals surface area contributed by atoms with E-state index in [1.807, 2.05) is 18.3 Å². The van der Waals surface area contributed by atoms with E-state index in [9.17, 15) is 4.79 Å². The Morgan fingerprint density at radius 1 is 1.44 bits per heavy atom. The molecule has 0 aliphatic heterocycles. The van der Waals surface area contributed by atoms with Crippen LogP contribution in [-0.2, 0) is 16.0 Å². The second-order valence-electron chi connectivity index (χ2n) is 3.79. The Morgan fingerprint density at radius 3 is 3.00 bits per heavy atom. The van der Waals surface area contributed by atoms with Gasteiger partial charge >= 0.3 is 5.97 Å². The first kappa shape index (κ1) is 12.7. The van der Waals surface area contributed by atoms with Crippen LogP contribution >= 0.6 is 0 Å². The van der Waals surface area contributed by atoms with Crippen molar-refractivity contribution >= 4 is 5.97 Å². The van der Waals surface area contributed by atoms with Crippen LogP contribution in [0.3, 0.4) is 0 Å². The van der Waals surface area contributed by atoms with E-state index < -0.39 is 0 Å². The molecule has 0 N–H and O–H groups in total. The highest BCUT2D eigenvalue weighted by atomic mass is 16.5. The van der Waals surface area contributed by atoms with Crippen LogP contribution < -0.4 is 0 Å². The molecule has 16 heavy (non-hydrogen) atoms.